The molecular weight excluding hydrogens is 508 g/mol. The van der Waals surface area contributed by atoms with Crippen LogP contribution < -0.4 is 0 Å². The summed E-state index contributed by atoms with van der Waals surface area (Å²) in [4.78, 5) is 23.2. The van der Waals surface area contributed by atoms with Gasteiger partial charge in [0.1, 0.15) is 16.8 Å². The minimum absolute atomic E-state index is 0.0892. The average Bonchev–Trinajstić information content (AvgIpc) is 3.30. The summed E-state index contributed by atoms with van der Waals surface area (Å²) in [5, 5.41) is 27.0. The van der Waals surface area contributed by atoms with Crippen LogP contribution in [0.15, 0.2) is 47.2 Å². The van der Waals surface area contributed by atoms with Gasteiger partial charge in [-0.15, -0.1) is 0 Å². The standard InChI is InChI=1S/C31H38N4O5/c1-27(2,3)39-26(36)35-17-29(6,18-35)31(38,22-9-7-21(8-10-22)30-12-19(13-30)14-30)23-11-20(15-32-16-23)24-33-25(40-34-24)28(4,5)37/h7-11,15-16,19,37-38H,12-14,17-18H2,1-6H3. The van der Waals surface area contributed by atoms with Gasteiger partial charge < -0.3 is 24.4 Å². The van der Waals surface area contributed by atoms with Gasteiger partial charge in [-0.05, 0) is 82.4 Å². The molecule has 3 aliphatic carbocycles. The van der Waals surface area contributed by atoms with E-state index in [0.29, 0.717) is 29.6 Å². The number of ether oxygens (including phenoxy) is 1. The summed E-state index contributed by atoms with van der Waals surface area (Å²) >= 11 is 0. The Morgan fingerprint density at radius 2 is 1.68 bits per heavy atom. The van der Waals surface area contributed by atoms with E-state index in [1.807, 2.05) is 45.9 Å². The quantitative estimate of drug-likeness (QED) is 0.448. The van der Waals surface area contributed by atoms with Crippen molar-refractivity contribution >= 4 is 6.09 Å². The number of hydrogen-bond donors (Lipinski definition) is 2. The molecule has 4 fully saturated rings. The van der Waals surface area contributed by atoms with Crippen LogP contribution in [0, 0.1) is 11.3 Å². The number of hydrogen-bond acceptors (Lipinski definition) is 8. The Hall–Kier alpha value is -3.30. The van der Waals surface area contributed by atoms with Crippen molar-refractivity contribution in [3.05, 3.63) is 65.3 Å². The van der Waals surface area contributed by atoms with Gasteiger partial charge in [0, 0.05) is 42.0 Å². The minimum atomic E-state index is -1.48. The molecule has 1 aliphatic heterocycles. The number of carbonyl (C=O) groups excluding carboxylic acids is 1. The van der Waals surface area contributed by atoms with E-state index in [2.05, 4.69) is 27.3 Å². The van der Waals surface area contributed by atoms with Crippen molar-refractivity contribution in [2.45, 2.75) is 83.0 Å². The summed E-state index contributed by atoms with van der Waals surface area (Å²) in [6, 6.07) is 10.1. The predicted molar refractivity (Wildman–Crippen MR) is 147 cm³/mol. The number of nitrogens with zero attached hydrogens (tertiary/aromatic N) is 4. The second kappa shape index (κ2) is 8.60. The van der Waals surface area contributed by atoms with Crippen molar-refractivity contribution < 1.29 is 24.3 Å². The highest BCUT2D eigenvalue weighted by molar-refractivity contribution is 5.70. The van der Waals surface area contributed by atoms with E-state index in [4.69, 9.17) is 9.26 Å². The number of rotatable bonds is 6. The second-order valence-corrected chi connectivity index (χ2v) is 13.9. The molecule has 40 heavy (non-hydrogen) atoms. The highest BCUT2D eigenvalue weighted by atomic mass is 16.6. The molecular formula is C31H38N4O5. The van der Waals surface area contributed by atoms with Crippen LogP contribution in [0.2, 0.25) is 0 Å². The Morgan fingerprint density at radius 3 is 2.20 bits per heavy atom. The average molecular weight is 547 g/mol. The van der Waals surface area contributed by atoms with Gasteiger partial charge in [-0.1, -0.05) is 36.3 Å². The van der Waals surface area contributed by atoms with Crippen LogP contribution in [0.25, 0.3) is 11.4 Å². The monoisotopic (exact) mass is 546 g/mol. The summed E-state index contributed by atoms with van der Waals surface area (Å²) in [5.74, 6) is 1.23. The first-order chi connectivity index (χ1) is 18.6. The highest BCUT2D eigenvalue weighted by Gasteiger charge is 2.59. The zero-order valence-corrected chi connectivity index (χ0v) is 24.1. The molecule has 3 aromatic rings. The Balaban J connectivity index is 1.37. The molecule has 2 aromatic heterocycles. The maximum atomic E-state index is 12.8. The molecule has 212 valence electrons. The fraction of sp³-hybridized carbons (Fsp3) is 0.548. The Kier molecular flexibility index (Phi) is 5.78. The maximum Gasteiger partial charge on any atom is 0.410 e. The summed E-state index contributed by atoms with van der Waals surface area (Å²) in [6.07, 6.45) is 6.61. The van der Waals surface area contributed by atoms with E-state index >= 15 is 0 Å². The smallest absolute Gasteiger partial charge is 0.410 e. The van der Waals surface area contributed by atoms with Gasteiger partial charge in [-0.3, -0.25) is 4.98 Å². The van der Waals surface area contributed by atoms with Gasteiger partial charge in [0.15, 0.2) is 0 Å². The molecule has 0 spiro atoms. The number of pyridine rings is 1. The molecule has 1 saturated heterocycles. The first-order valence-electron chi connectivity index (χ1n) is 14.0. The van der Waals surface area contributed by atoms with E-state index < -0.39 is 28.3 Å². The first-order valence-corrected chi connectivity index (χ1v) is 14.0. The lowest BCUT2D eigenvalue weighted by Gasteiger charge is -2.62. The molecule has 1 amide bonds. The predicted octanol–water partition coefficient (Wildman–Crippen LogP) is 4.90. The largest absolute Gasteiger partial charge is 0.444 e. The summed E-state index contributed by atoms with van der Waals surface area (Å²) in [6.45, 7) is 11.3. The molecule has 9 nitrogen and oxygen atoms in total. The number of amides is 1. The number of benzene rings is 1. The highest BCUT2D eigenvalue weighted by Crippen LogP contribution is 2.65. The Bertz CT molecular complexity index is 1430. The van der Waals surface area contributed by atoms with E-state index in [-0.39, 0.29) is 11.7 Å². The van der Waals surface area contributed by atoms with E-state index in [0.717, 1.165) is 11.5 Å². The molecule has 7 rings (SSSR count). The van der Waals surface area contributed by atoms with E-state index in [1.54, 1.807) is 31.1 Å². The summed E-state index contributed by atoms with van der Waals surface area (Å²) in [5.41, 5.74) is -0.616. The van der Waals surface area contributed by atoms with Crippen LogP contribution in [0.4, 0.5) is 4.79 Å². The van der Waals surface area contributed by atoms with Crippen LogP contribution in [-0.4, -0.2) is 55.0 Å². The third-order valence-electron chi connectivity index (χ3n) is 8.92. The number of aliphatic hydroxyl groups is 2. The topological polar surface area (TPSA) is 122 Å². The zero-order valence-electron chi connectivity index (χ0n) is 24.1. The van der Waals surface area contributed by atoms with Gasteiger partial charge in [-0.2, -0.15) is 4.98 Å². The SMILES string of the molecule is CC(C)(C)OC(=O)N1CC(C)(C(O)(c2ccc(C34CC(C3)C4)cc2)c2cncc(-c3noc(C(C)(C)O)n3)c2)C1. The van der Waals surface area contributed by atoms with Crippen LogP contribution in [0.1, 0.15) is 83.4 Å². The minimum Gasteiger partial charge on any atom is -0.444 e. The van der Waals surface area contributed by atoms with Crippen molar-refractivity contribution in [2.75, 3.05) is 13.1 Å². The lowest BCUT2D eigenvalue weighted by atomic mass is 9.42. The zero-order chi connectivity index (χ0) is 28.7. The fourth-order valence-electron chi connectivity index (χ4n) is 6.59. The van der Waals surface area contributed by atoms with Crippen LogP contribution in [-0.2, 0) is 21.4 Å². The third-order valence-corrected chi connectivity index (χ3v) is 8.92. The Morgan fingerprint density at radius 1 is 1.02 bits per heavy atom. The number of likely N-dealkylation sites (tertiary alicyclic amines) is 1. The molecule has 2 N–H and O–H groups in total. The second-order valence-electron chi connectivity index (χ2n) is 13.9. The van der Waals surface area contributed by atoms with E-state index in [9.17, 15) is 15.0 Å². The molecule has 4 aliphatic rings. The molecule has 1 aromatic carbocycles. The van der Waals surface area contributed by atoms with Crippen LogP contribution >= 0.6 is 0 Å². The van der Waals surface area contributed by atoms with Crippen LogP contribution in [0.5, 0.6) is 0 Å². The van der Waals surface area contributed by atoms with Gasteiger partial charge in [-0.25, -0.2) is 4.79 Å². The fourth-order valence-corrected chi connectivity index (χ4v) is 6.59. The van der Waals surface area contributed by atoms with Crippen molar-refractivity contribution in [2.24, 2.45) is 11.3 Å². The van der Waals surface area contributed by atoms with Gasteiger partial charge in [0.2, 0.25) is 5.82 Å². The van der Waals surface area contributed by atoms with Gasteiger partial charge in [0.25, 0.3) is 5.89 Å². The van der Waals surface area contributed by atoms with Crippen molar-refractivity contribution in [1.29, 1.82) is 0 Å². The van der Waals surface area contributed by atoms with Crippen molar-refractivity contribution in [1.82, 2.24) is 20.0 Å². The normalized spacial score (nSPS) is 24.8. The molecule has 1 atom stereocenters. The lowest BCUT2D eigenvalue weighted by molar-refractivity contribution is -0.131. The van der Waals surface area contributed by atoms with Crippen molar-refractivity contribution in [3.8, 4) is 11.4 Å². The lowest BCUT2D eigenvalue weighted by Crippen LogP contribution is -2.66. The number of carbonyl (C=O) groups is 1. The number of aromatic nitrogens is 3. The van der Waals surface area contributed by atoms with Gasteiger partial charge in [0.05, 0.1) is 0 Å². The van der Waals surface area contributed by atoms with Crippen LogP contribution in [0.3, 0.4) is 0 Å². The van der Waals surface area contributed by atoms with Gasteiger partial charge >= 0.3 is 6.09 Å². The van der Waals surface area contributed by atoms with Crippen molar-refractivity contribution in [3.63, 3.8) is 0 Å². The Labute approximate surface area is 234 Å². The van der Waals surface area contributed by atoms with E-state index in [1.165, 1.54) is 24.8 Å². The first kappa shape index (κ1) is 26.9. The molecule has 3 heterocycles. The maximum absolute atomic E-state index is 12.8. The molecule has 3 saturated carbocycles. The third kappa shape index (κ3) is 4.21. The molecule has 9 heteroatoms. The summed E-state index contributed by atoms with van der Waals surface area (Å²) in [7, 11) is 0. The molecule has 2 bridgehead atoms. The summed E-state index contributed by atoms with van der Waals surface area (Å²) < 4.78 is 10.9. The molecule has 1 unspecified atom stereocenters. The molecule has 0 radical (unpaired) electrons.